The summed E-state index contributed by atoms with van der Waals surface area (Å²) in [4.78, 5) is 13.4. The van der Waals surface area contributed by atoms with Crippen LogP contribution in [0.1, 0.15) is 31.7 Å². The molecule has 5 nitrogen and oxygen atoms in total. The summed E-state index contributed by atoms with van der Waals surface area (Å²) in [7, 11) is -3.39. The van der Waals surface area contributed by atoms with Crippen molar-refractivity contribution >= 4 is 27.7 Å². The van der Waals surface area contributed by atoms with Gasteiger partial charge in [0.1, 0.15) is 0 Å². The third kappa shape index (κ3) is 6.32. The Morgan fingerprint density at radius 3 is 2.38 bits per heavy atom. The van der Waals surface area contributed by atoms with Crippen molar-refractivity contribution in [1.82, 2.24) is 9.62 Å². The molecular weight excluding hydrogens is 404 g/mol. The summed E-state index contributed by atoms with van der Waals surface area (Å²) < 4.78 is 26.6. The maximum Gasteiger partial charge on any atom is 0.243 e. The predicted octanol–water partition coefficient (Wildman–Crippen LogP) is 3.70. The molecule has 0 saturated carbocycles. The number of aryl methyl sites for hydroxylation is 1. The Hall–Kier alpha value is -1.83. The molecule has 0 radical (unpaired) electrons. The lowest BCUT2D eigenvalue weighted by Crippen LogP contribution is -2.34. The van der Waals surface area contributed by atoms with Gasteiger partial charge in [0, 0.05) is 24.0 Å². The normalized spacial score (nSPS) is 15.9. The highest BCUT2D eigenvalue weighted by Crippen LogP contribution is 2.24. The largest absolute Gasteiger partial charge is 0.353 e. The molecule has 1 aliphatic rings. The Morgan fingerprint density at radius 2 is 1.72 bits per heavy atom. The highest BCUT2D eigenvalue weighted by molar-refractivity contribution is 8.00. The van der Waals surface area contributed by atoms with Gasteiger partial charge in [-0.2, -0.15) is 4.31 Å². The summed E-state index contributed by atoms with van der Waals surface area (Å²) in [6, 6.07) is 17.2. The van der Waals surface area contributed by atoms with Crippen LogP contribution in [-0.2, 0) is 21.2 Å². The zero-order chi connectivity index (χ0) is 20.7. The monoisotopic (exact) mass is 432 g/mol. The maximum absolute atomic E-state index is 12.6. The summed E-state index contributed by atoms with van der Waals surface area (Å²) in [6.07, 6.45) is 3.67. The number of hydrogen-bond acceptors (Lipinski definition) is 4. The van der Waals surface area contributed by atoms with Crippen LogP contribution in [0.3, 0.4) is 0 Å². The van der Waals surface area contributed by atoms with Gasteiger partial charge < -0.3 is 5.32 Å². The highest BCUT2D eigenvalue weighted by Gasteiger charge is 2.26. The molecule has 0 aromatic heterocycles. The quantitative estimate of drug-likeness (QED) is 0.614. The molecule has 2 aromatic rings. The lowest BCUT2D eigenvalue weighted by atomic mass is 10.1. The Balaban J connectivity index is 1.44. The third-order valence-electron chi connectivity index (χ3n) is 5.01. The first-order chi connectivity index (χ1) is 13.9. The van der Waals surface area contributed by atoms with E-state index in [0.29, 0.717) is 23.7 Å². The molecule has 0 aliphatic carbocycles. The van der Waals surface area contributed by atoms with Gasteiger partial charge in [0.2, 0.25) is 15.9 Å². The molecule has 29 heavy (non-hydrogen) atoms. The Morgan fingerprint density at radius 1 is 1.07 bits per heavy atom. The minimum atomic E-state index is -3.39. The van der Waals surface area contributed by atoms with Crippen LogP contribution in [-0.4, -0.2) is 43.5 Å². The minimum Gasteiger partial charge on any atom is -0.353 e. The fourth-order valence-corrected chi connectivity index (χ4v) is 5.58. The molecule has 1 atom stereocenters. The lowest BCUT2D eigenvalue weighted by Gasteiger charge is -2.16. The van der Waals surface area contributed by atoms with Crippen molar-refractivity contribution in [2.24, 2.45) is 0 Å². The Labute approximate surface area is 177 Å². The van der Waals surface area contributed by atoms with Crippen molar-refractivity contribution < 1.29 is 13.2 Å². The van der Waals surface area contributed by atoms with Crippen molar-refractivity contribution in [3.63, 3.8) is 0 Å². The number of benzene rings is 2. The number of carbonyl (C=O) groups is 1. The second-order valence-corrected chi connectivity index (χ2v) is 10.4. The van der Waals surface area contributed by atoms with Crippen LogP contribution in [0, 0.1) is 0 Å². The summed E-state index contributed by atoms with van der Waals surface area (Å²) in [5.74, 6) is 0.304. The topological polar surface area (TPSA) is 66.5 Å². The van der Waals surface area contributed by atoms with E-state index in [0.717, 1.165) is 30.6 Å². The van der Waals surface area contributed by atoms with Gasteiger partial charge in [-0.3, -0.25) is 4.79 Å². The molecular formula is C22H28N2O3S2. The van der Waals surface area contributed by atoms with E-state index in [1.54, 1.807) is 28.6 Å². The van der Waals surface area contributed by atoms with Crippen LogP contribution in [0.25, 0.3) is 0 Å². The van der Waals surface area contributed by atoms with E-state index in [2.05, 4.69) is 17.4 Å². The highest BCUT2D eigenvalue weighted by atomic mass is 32.2. The van der Waals surface area contributed by atoms with Gasteiger partial charge in [-0.05, 0) is 62.4 Å². The van der Waals surface area contributed by atoms with E-state index in [9.17, 15) is 13.2 Å². The molecule has 3 rings (SSSR count). The van der Waals surface area contributed by atoms with Crippen LogP contribution in [0.15, 0.2) is 64.4 Å². The van der Waals surface area contributed by atoms with E-state index < -0.39 is 10.0 Å². The molecule has 1 aliphatic heterocycles. The van der Waals surface area contributed by atoms with E-state index in [-0.39, 0.29) is 11.9 Å². The Bertz CT molecular complexity index is 893. The first kappa shape index (κ1) is 21.9. The number of rotatable bonds is 9. The van der Waals surface area contributed by atoms with Crippen LogP contribution >= 0.6 is 11.8 Å². The average Bonchev–Trinajstić information content (AvgIpc) is 3.28. The number of thioether (sulfide) groups is 1. The zero-order valence-electron chi connectivity index (χ0n) is 16.7. The van der Waals surface area contributed by atoms with Crippen molar-refractivity contribution in [3.05, 3.63) is 60.2 Å². The number of nitrogens with zero attached hydrogens (tertiary/aromatic N) is 1. The maximum atomic E-state index is 12.6. The van der Waals surface area contributed by atoms with E-state index in [4.69, 9.17) is 0 Å². The molecule has 1 N–H and O–H groups in total. The van der Waals surface area contributed by atoms with Crippen molar-refractivity contribution in [1.29, 1.82) is 0 Å². The van der Waals surface area contributed by atoms with Crippen molar-refractivity contribution in [3.8, 4) is 0 Å². The Kier molecular flexibility index (Phi) is 7.75. The van der Waals surface area contributed by atoms with Crippen LogP contribution in [0.2, 0.25) is 0 Å². The molecule has 156 valence electrons. The molecule has 2 aromatic carbocycles. The molecule has 1 fully saturated rings. The lowest BCUT2D eigenvalue weighted by molar-refractivity contribution is -0.119. The van der Waals surface area contributed by atoms with Crippen LogP contribution in [0.4, 0.5) is 0 Å². The fraction of sp³-hybridized carbons (Fsp3) is 0.409. The number of hydrogen-bond donors (Lipinski definition) is 1. The molecule has 1 heterocycles. The first-order valence-electron chi connectivity index (χ1n) is 10.0. The minimum absolute atomic E-state index is 0.00988. The van der Waals surface area contributed by atoms with Gasteiger partial charge in [-0.1, -0.05) is 30.3 Å². The molecule has 0 spiro atoms. The molecule has 1 amide bonds. The number of carbonyl (C=O) groups excluding carboxylic acids is 1. The van der Waals surface area contributed by atoms with Crippen molar-refractivity contribution in [2.75, 3.05) is 18.8 Å². The second kappa shape index (κ2) is 10.3. The number of amides is 1. The summed E-state index contributed by atoms with van der Waals surface area (Å²) in [5.41, 5.74) is 1.27. The molecule has 7 heteroatoms. The van der Waals surface area contributed by atoms with Gasteiger partial charge in [0.05, 0.1) is 10.6 Å². The van der Waals surface area contributed by atoms with Gasteiger partial charge >= 0.3 is 0 Å². The van der Waals surface area contributed by atoms with Gasteiger partial charge in [-0.15, -0.1) is 11.8 Å². The first-order valence-corrected chi connectivity index (χ1v) is 12.4. The molecule has 0 bridgehead atoms. The smallest absolute Gasteiger partial charge is 0.243 e. The number of nitrogens with one attached hydrogen (secondary N) is 1. The van der Waals surface area contributed by atoms with Gasteiger partial charge in [0.25, 0.3) is 0 Å². The zero-order valence-corrected chi connectivity index (χ0v) is 18.3. The average molecular weight is 433 g/mol. The summed E-state index contributed by atoms with van der Waals surface area (Å²) in [5, 5.41) is 3.03. The van der Waals surface area contributed by atoms with Crippen LogP contribution in [0.5, 0.6) is 0 Å². The second-order valence-electron chi connectivity index (χ2n) is 7.36. The molecule has 1 saturated heterocycles. The van der Waals surface area contributed by atoms with Gasteiger partial charge in [-0.25, -0.2) is 8.42 Å². The fourth-order valence-electron chi connectivity index (χ4n) is 3.35. The van der Waals surface area contributed by atoms with E-state index in [1.165, 1.54) is 17.3 Å². The predicted molar refractivity (Wildman–Crippen MR) is 118 cm³/mol. The van der Waals surface area contributed by atoms with Gasteiger partial charge in [0.15, 0.2) is 0 Å². The SMILES string of the molecule is C[C@H](CCc1ccccc1)NC(=O)CSc1ccc(S(=O)(=O)N2CCCC2)cc1. The number of sulfonamides is 1. The molecule has 0 unspecified atom stereocenters. The van der Waals surface area contributed by atoms with Crippen molar-refractivity contribution in [2.45, 2.75) is 48.4 Å². The third-order valence-corrected chi connectivity index (χ3v) is 7.94. The van der Waals surface area contributed by atoms with E-state index in [1.807, 2.05) is 25.1 Å². The van der Waals surface area contributed by atoms with E-state index >= 15 is 0 Å². The standard InChI is InChI=1S/C22H28N2O3S2/c1-18(9-10-19-7-3-2-4-8-19)23-22(25)17-28-20-11-13-21(14-12-20)29(26,27)24-15-5-6-16-24/h2-4,7-8,11-14,18H,5-6,9-10,15-17H2,1H3,(H,23,25)/t18-/m1/s1. The summed E-state index contributed by atoms with van der Waals surface area (Å²) >= 11 is 1.42. The summed E-state index contributed by atoms with van der Waals surface area (Å²) in [6.45, 7) is 3.21. The van der Waals surface area contributed by atoms with Crippen LogP contribution < -0.4 is 5.32 Å².